The van der Waals surface area contributed by atoms with Gasteiger partial charge in [-0.1, -0.05) is 25.0 Å². The van der Waals surface area contributed by atoms with Gasteiger partial charge in [0.05, 0.1) is 11.1 Å². The van der Waals surface area contributed by atoms with Gasteiger partial charge >= 0.3 is 11.9 Å². The average Bonchev–Trinajstić information content (AvgIpc) is 2.37. The minimum absolute atomic E-state index is 0.00241. The molecule has 0 spiro atoms. The van der Waals surface area contributed by atoms with Gasteiger partial charge in [-0.25, -0.2) is 9.59 Å². The van der Waals surface area contributed by atoms with Gasteiger partial charge in [0.2, 0.25) is 0 Å². The number of carboxylic acids is 2. The Labute approximate surface area is 125 Å². The van der Waals surface area contributed by atoms with E-state index in [-0.39, 0.29) is 11.1 Å². The van der Waals surface area contributed by atoms with E-state index >= 15 is 0 Å². The van der Waals surface area contributed by atoms with Crippen LogP contribution in [0.15, 0.2) is 30.4 Å². The zero-order chi connectivity index (χ0) is 15.7. The molecule has 0 amide bonds. The molecule has 0 aromatic heterocycles. The molecule has 114 valence electrons. The third kappa shape index (κ3) is 6.75. The van der Waals surface area contributed by atoms with Crippen LogP contribution in [0.25, 0.3) is 0 Å². The molecule has 0 unspecified atom stereocenters. The Morgan fingerprint density at radius 2 is 1.24 bits per heavy atom. The minimum atomic E-state index is -1.12. The van der Waals surface area contributed by atoms with Crippen LogP contribution in [-0.2, 0) is 0 Å². The van der Waals surface area contributed by atoms with E-state index in [2.05, 4.69) is 12.2 Å². The van der Waals surface area contributed by atoms with Gasteiger partial charge < -0.3 is 10.2 Å². The summed E-state index contributed by atoms with van der Waals surface area (Å²) in [6.07, 6.45) is 13.0. The quantitative estimate of drug-likeness (QED) is 0.797. The number of carbonyl (C=O) groups is 2. The molecule has 1 aromatic carbocycles. The molecule has 0 aliphatic heterocycles. The van der Waals surface area contributed by atoms with Crippen LogP contribution in [0.2, 0.25) is 0 Å². The summed E-state index contributed by atoms with van der Waals surface area (Å²) in [7, 11) is 0. The maximum absolute atomic E-state index is 10.5. The Morgan fingerprint density at radius 3 is 1.62 bits per heavy atom. The van der Waals surface area contributed by atoms with Crippen molar-refractivity contribution in [2.45, 2.75) is 45.4 Å². The van der Waals surface area contributed by atoms with Gasteiger partial charge in [0, 0.05) is 0 Å². The van der Waals surface area contributed by atoms with Crippen molar-refractivity contribution in [2.24, 2.45) is 0 Å². The van der Waals surface area contributed by atoms with Gasteiger partial charge in [0.1, 0.15) is 0 Å². The predicted octanol–water partition coefficient (Wildman–Crippen LogP) is 4.29. The molecule has 2 rings (SSSR count). The fourth-order valence-electron chi connectivity index (χ4n) is 2.14. The van der Waals surface area contributed by atoms with Gasteiger partial charge in [0.25, 0.3) is 0 Å². The lowest BCUT2D eigenvalue weighted by Crippen LogP contribution is -2.02. The number of hydrogen-bond acceptors (Lipinski definition) is 2. The van der Waals surface area contributed by atoms with Crippen molar-refractivity contribution in [3.8, 4) is 0 Å². The van der Waals surface area contributed by atoms with Gasteiger partial charge in [-0.2, -0.15) is 0 Å². The molecule has 0 atom stereocenters. The Hall–Kier alpha value is -2.10. The predicted molar refractivity (Wildman–Crippen MR) is 81.9 cm³/mol. The minimum Gasteiger partial charge on any atom is -0.478 e. The van der Waals surface area contributed by atoms with E-state index in [1.54, 1.807) is 6.92 Å². The highest BCUT2D eigenvalue weighted by Gasteiger charge is 2.09. The third-order valence-electron chi connectivity index (χ3n) is 3.23. The van der Waals surface area contributed by atoms with Crippen molar-refractivity contribution in [1.82, 2.24) is 0 Å². The number of rotatable bonds is 2. The molecule has 1 aliphatic carbocycles. The first kappa shape index (κ1) is 17.0. The largest absolute Gasteiger partial charge is 0.478 e. The molecule has 4 heteroatoms. The normalized spacial score (nSPS) is 14.3. The fourth-order valence-corrected chi connectivity index (χ4v) is 2.14. The van der Waals surface area contributed by atoms with E-state index in [4.69, 9.17) is 10.2 Å². The second kappa shape index (κ2) is 8.95. The van der Waals surface area contributed by atoms with Crippen LogP contribution in [0.4, 0.5) is 0 Å². The highest BCUT2D eigenvalue weighted by atomic mass is 16.4. The van der Waals surface area contributed by atoms with Crippen LogP contribution in [-0.4, -0.2) is 22.2 Å². The summed E-state index contributed by atoms with van der Waals surface area (Å²) in [6.45, 7) is 1.65. The summed E-state index contributed by atoms with van der Waals surface area (Å²) < 4.78 is 0. The van der Waals surface area contributed by atoms with Crippen molar-refractivity contribution in [3.05, 3.63) is 47.0 Å². The van der Waals surface area contributed by atoms with E-state index in [1.807, 2.05) is 0 Å². The van der Waals surface area contributed by atoms with Crippen LogP contribution >= 0.6 is 0 Å². The lowest BCUT2D eigenvalue weighted by Gasteiger charge is -2.00. The maximum Gasteiger partial charge on any atom is 0.335 e. The highest BCUT2D eigenvalue weighted by Crippen LogP contribution is 2.10. The molecule has 2 N–H and O–H groups in total. The van der Waals surface area contributed by atoms with E-state index in [9.17, 15) is 9.59 Å². The number of benzene rings is 1. The molecule has 1 aliphatic rings. The fraction of sp³-hybridized carbons (Fsp3) is 0.412. The Bertz CT molecular complexity index is 475. The first-order valence-electron chi connectivity index (χ1n) is 7.24. The molecule has 0 radical (unpaired) electrons. The third-order valence-corrected chi connectivity index (χ3v) is 3.23. The number of aryl methyl sites for hydroxylation is 1. The van der Waals surface area contributed by atoms with Gasteiger partial charge in [-0.05, 0) is 56.4 Å². The van der Waals surface area contributed by atoms with Crippen LogP contribution < -0.4 is 0 Å². The van der Waals surface area contributed by atoms with Crippen LogP contribution in [0.5, 0.6) is 0 Å². The standard InChI is InChI=1S/C9H8O4.C8H14/c1-5-2-6(8(10)11)4-7(3-5)9(12)13;1-2-4-6-8-7-5-3-1/h2-4H,1H3,(H,10,11)(H,12,13);1-2H,3-8H2. The summed E-state index contributed by atoms with van der Waals surface area (Å²) in [5, 5.41) is 17.2. The van der Waals surface area contributed by atoms with Crippen molar-refractivity contribution in [3.63, 3.8) is 0 Å². The van der Waals surface area contributed by atoms with Crippen molar-refractivity contribution in [1.29, 1.82) is 0 Å². The van der Waals surface area contributed by atoms with E-state index in [0.29, 0.717) is 5.56 Å². The Balaban J connectivity index is 0.000000235. The molecule has 0 heterocycles. The average molecular weight is 290 g/mol. The lowest BCUT2D eigenvalue weighted by atomic mass is 10.1. The van der Waals surface area contributed by atoms with Gasteiger partial charge in [0.15, 0.2) is 0 Å². The molecule has 0 fully saturated rings. The second-order valence-corrected chi connectivity index (χ2v) is 5.16. The van der Waals surface area contributed by atoms with Crippen LogP contribution in [0.3, 0.4) is 0 Å². The SMILES string of the molecule is C1=CCCCCCC1.Cc1cc(C(=O)O)cc(C(=O)O)c1. The van der Waals surface area contributed by atoms with Crippen molar-refractivity contribution in [2.75, 3.05) is 0 Å². The van der Waals surface area contributed by atoms with E-state index in [1.165, 1.54) is 50.7 Å². The molecule has 4 nitrogen and oxygen atoms in total. The van der Waals surface area contributed by atoms with Gasteiger partial charge in [-0.15, -0.1) is 0 Å². The van der Waals surface area contributed by atoms with Crippen molar-refractivity contribution < 1.29 is 19.8 Å². The van der Waals surface area contributed by atoms with Crippen molar-refractivity contribution >= 4 is 11.9 Å². The first-order valence-corrected chi connectivity index (χ1v) is 7.24. The van der Waals surface area contributed by atoms with Crippen LogP contribution in [0.1, 0.15) is 64.8 Å². The zero-order valence-electron chi connectivity index (χ0n) is 12.3. The van der Waals surface area contributed by atoms with Crippen LogP contribution in [0, 0.1) is 6.92 Å². The molecule has 1 aromatic rings. The smallest absolute Gasteiger partial charge is 0.335 e. The summed E-state index contributed by atoms with van der Waals surface area (Å²) >= 11 is 0. The zero-order valence-corrected chi connectivity index (χ0v) is 12.3. The summed E-state index contributed by atoms with van der Waals surface area (Å²) in [5.41, 5.74) is 0.618. The molecular formula is C17H22O4. The molecule has 0 saturated heterocycles. The highest BCUT2D eigenvalue weighted by molar-refractivity contribution is 5.94. The maximum atomic E-state index is 10.5. The molecule has 0 bridgehead atoms. The first-order chi connectivity index (χ1) is 10.0. The van der Waals surface area contributed by atoms with E-state index < -0.39 is 11.9 Å². The number of aromatic carboxylic acids is 2. The Morgan fingerprint density at radius 1 is 0.810 bits per heavy atom. The molecule has 21 heavy (non-hydrogen) atoms. The summed E-state index contributed by atoms with van der Waals surface area (Å²) in [6, 6.07) is 3.99. The topological polar surface area (TPSA) is 74.6 Å². The second-order valence-electron chi connectivity index (χ2n) is 5.16. The lowest BCUT2D eigenvalue weighted by molar-refractivity contribution is 0.0696. The van der Waals surface area contributed by atoms with E-state index in [0.717, 1.165) is 6.07 Å². The summed E-state index contributed by atoms with van der Waals surface area (Å²) in [5.74, 6) is -2.24. The Kier molecular flexibility index (Phi) is 7.23. The number of carboxylic acid groups (broad SMARTS) is 2. The number of allylic oxidation sites excluding steroid dienone is 2. The summed E-state index contributed by atoms with van der Waals surface area (Å²) in [4.78, 5) is 21.1. The molecular weight excluding hydrogens is 268 g/mol. The molecule has 0 saturated carbocycles. The van der Waals surface area contributed by atoms with Gasteiger partial charge in [-0.3, -0.25) is 0 Å². The monoisotopic (exact) mass is 290 g/mol. The number of hydrogen-bond donors (Lipinski definition) is 2.